The Bertz CT molecular complexity index is 1150. The number of carbonyl (C=O) groups excluding carboxylic acids is 1. The molecule has 1 aliphatic heterocycles. The summed E-state index contributed by atoms with van der Waals surface area (Å²) >= 11 is 1.14. The number of aliphatic imine (C=N–C) groups is 1. The highest BCUT2D eigenvalue weighted by molar-refractivity contribution is 8.15. The van der Waals surface area contributed by atoms with Gasteiger partial charge in [0.2, 0.25) is 5.88 Å². The first-order valence-corrected chi connectivity index (χ1v) is 11.0. The molecule has 1 amide bonds. The Morgan fingerprint density at radius 1 is 1.42 bits per heavy atom. The molecule has 0 fully saturated rings. The van der Waals surface area contributed by atoms with Crippen LogP contribution in [0.4, 0.5) is 14.5 Å². The van der Waals surface area contributed by atoms with Crippen LogP contribution in [0.25, 0.3) is 0 Å². The van der Waals surface area contributed by atoms with E-state index in [9.17, 15) is 13.6 Å². The monoisotopic (exact) mass is 473 g/mol. The lowest BCUT2D eigenvalue weighted by Crippen LogP contribution is -2.49. The number of ether oxygens (including phenoxy) is 1. The van der Waals surface area contributed by atoms with Gasteiger partial charge in [0.05, 0.1) is 22.2 Å². The summed E-state index contributed by atoms with van der Waals surface area (Å²) in [5, 5.41) is 2.89. The van der Waals surface area contributed by atoms with Gasteiger partial charge in [-0.3, -0.25) is 9.79 Å². The van der Waals surface area contributed by atoms with Gasteiger partial charge in [-0.1, -0.05) is 24.6 Å². The number of alkyl halides is 1. The van der Waals surface area contributed by atoms with E-state index in [1.807, 2.05) is 6.92 Å². The van der Waals surface area contributed by atoms with Gasteiger partial charge < -0.3 is 15.8 Å². The number of anilines is 1. The number of benzene rings is 1. The lowest BCUT2D eigenvalue weighted by atomic mass is 9.74. The van der Waals surface area contributed by atoms with Crippen LogP contribution in [0.5, 0.6) is 5.88 Å². The van der Waals surface area contributed by atoms with E-state index in [2.05, 4.69) is 26.2 Å². The number of rotatable bonds is 6. The number of hydrogen-bond acceptors (Lipinski definition) is 7. The molecule has 3 atom stereocenters. The molecule has 3 N–H and O–H groups in total. The Kier molecular flexibility index (Phi) is 6.93. The molecule has 1 aliphatic rings. The second-order valence-corrected chi connectivity index (χ2v) is 9.71. The molecule has 2 heterocycles. The molecule has 0 aliphatic carbocycles. The Balaban J connectivity index is 1.92. The van der Waals surface area contributed by atoms with E-state index in [0.717, 1.165) is 11.8 Å². The fourth-order valence-corrected chi connectivity index (χ4v) is 4.93. The predicted molar refractivity (Wildman–Crippen MR) is 126 cm³/mol. The number of nitrogens with zero attached hydrogens (tertiary/aromatic N) is 3. The number of terminal acetylenes is 1. The van der Waals surface area contributed by atoms with Crippen molar-refractivity contribution >= 4 is 28.5 Å². The minimum atomic E-state index is -1.13. The van der Waals surface area contributed by atoms with Crippen molar-refractivity contribution in [1.29, 1.82) is 0 Å². The van der Waals surface area contributed by atoms with Crippen molar-refractivity contribution in [2.45, 2.75) is 38.0 Å². The van der Waals surface area contributed by atoms with Crippen molar-refractivity contribution < 1.29 is 18.3 Å². The Labute approximate surface area is 195 Å². The zero-order valence-electron chi connectivity index (χ0n) is 18.8. The van der Waals surface area contributed by atoms with Crippen molar-refractivity contribution in [3.05, 3.63) is 47.2 Å². The number of aryl methyl sites for hydroxylation is 1. The quantitative estimate of drug-likeness (QED) is 0.619. The van der Waals surface area contributed by atoms with Crippen LogP contribution in [0.1, 0.15) is 42.5 Å². The van der Waals surface area contributed by atoms with Gasteiger partial charge >= 0.3 is 0 Å². The highest BCUT2D eigenvalue weighted by Gasteiger charge is 2.50. The number of amides is 1. The van der Waals surface area contributed by atoms with Crippen molar-refractivity contribution in [2.75, 3.05) is 18.6 Å². The standard InChI is InChI=1S/C23H25F2N5O2S/c1-6-9-32-18-11-27-19(13(2)28-18)20(31)29-15-7-8-17(25)16(10-15)23(5)14(3)22(4,12-24)33-21(26)30-23/h1,7-8,10-11,14H,9,12H2,2-5H3,(H2,26,30)(H,29,31)/t14-,22-,23+/m1/s1. The third kappa shape index (κ3) is 4.78. The van der Waals surface area contributed by atoms with Gasteiger partial charge in [-0.25, -0.2) is 18.7 Å². The molecule has 7 nitrogen and oxygen atoms in total. The molecule has 0 saturated carbocycles. The van der Waals surface area contributed by atoms with E-state index < -0.39 is 34.6 Å². The van der Waals surface area contributed by atoms with Crippen LogP contribution < -0.4 is 15.8 Å². The Morgan fingerprint density at radius 3 is 2.79 bits per heavy atom. The average molecular weight is 474 g/mol. The molecule has 1 aromatic heterocycles. The molecule has 0 unspecified atom stereocenters. The molecule has 33 heavy (non-hydrogen) atoms. The third-order valence-corrected chi connectivity index (χ3v) is 7.15. The fraction of sp³-hybridized carbons (Fsp3) is 0.391. The zero-order chi connectivity index (χ0) is 24.4. The second-order valence-electron chi connectivity index (χ2n) is 8.15. The molecule has 0 saturated heterocycles. The number of nitrogens with two attached hydrogens (primary N) is 1. The maximum absolute atomic E-state index is 15.0. The maximum atomic E-state index is 15.0. The molecule has 2 aromatic rings. The molecule has 10 heteroatoms. The lowest BCUT2D eigenvalue weighted by Gasteiger charge is -2.46. The highest BCUT2D eigenvalue weighted by atomic mass is 32.2. The largest absolute Gasteiger partial charge is 0.463 e. The fourth-order valence-electron chi connectivity index (χ4n) is 3.76. The van der Waals surface area contributed by atoms with Crippen molar-refractivity contribution in [2.24, 2.45) is 16.6 Å². The number of nitrogens with one attached hydrogen (secondary N) is 1. The molecular weight excluding hydrogens is 448 g/mol. The smallest absolute Gasteiger partial charge is 0.276 e. The van der Waals surface area contributed by atoms with Gasteiger partial charge in [0.25, 0.3) is 5.91 Å². The first-order chi connectivity index (χ1) is 15.5. The van der Waals surface area contributed by atoms with Crippen LogP contribution in [-0.2, 0) is 5.54 Å². The van der Waals surface area contributed by atoms with E-state index in [0.29, 0.717) is 11.4 Å². The van der Waals surface area contributed by atoms with E-state index in [1.165, 1.54) is 24.4 Å². The normalized spacial score (nSPS) is 24.5. The van der Waals surface area contributed by atoms with Crippen LogP contribution in [-0.4, -0.2) is 39.1 Å². The summed E-state index contributed by atoms with van der Waals surface area (Å²) in [6.45, 7) is 6.26. The van der Waals surface area contributed by atoms with E-state index in [-0.39, 0.29) is 28.9 Å². The van der Waals surface area contributed by atoms with Crippen molar-refractivity contribution in [3.63, 3.8) is 0 Å². The van der Waals surface area contributed by atoms with Gasteiger partial charge in [-0.15, -0.1) is 6.42 Å². The summed E-state index contributed by atoms with van der Waals surface area (Å²) in [7, 11) is 0. The second kappa shape index (κ2) is 9.35. The van der Waals surface area contributed by atoms with Gasteiger partial charge in [0.15, 0.2) is 11.8 Å². The summed E-state index contributed by atoms with van der Waals surface area (Å²) in [5.41, 5.74) is 5.80. The van der Waals surface area contributed by atoms with Crippen LogP contribution in [0.3, 0.4) is 0 Å². The number of halogens is 2. The van der Waals surface area contributed by atoms with E-state index in [1.54, 1.807) is 20.8 Å². The topological polar surface area (TPSA) is 102 Å². The molecular formula is C23H25F2N5O2S. The lowest BCUT2D eigenvalue weighted by molar-refractivity contribution is 0.102. The number of amidine groups is 1. The SMILES string of the molecule is C#CCOc1cnc(C(=O)Nc2ccc(F)c([C@@]3(C)N=C(N)S[C@](C)(CF)[C@H]3C)c2)c(C)n1. The van der Waals surface area contributed by atoms with Gasteiger partial charge in [0.1, 0.15) is 18.2 Å². The van der Waals surface area contributed by atoms with Crippen LogP contribution in [0, 0.1) is 31.0 Å². The first-order valence-electron chi connectivity index (χ1n) is 10.2. The maximum Gasteiger partial charge on any atom is 0.276 e. The number of hydrogen-bond donors (Lipinski definition) is 2. The van der Waals surface area contributed by atoms with Crippen LogP contribution in [0.15, 0.2) is 29.4 Å². The Hall–Kier alpha value is -3.19. The summed E-state index contributed by atoms with van der Waals surface area (Å²) < 4.78 is 33.2. The van der Waals surface area contributed by atoms with Crippen LogP contribution in [0.2, 0.25) is 0 Å². The minimum Gasteiger partial charge on any atom is -0.463 e. The third-order valence-electron chi connectivity index (χ3n) is 5.92. The summed E-state index contributed by atoms with van der Waals surface area (Å²) in [5.74, 6) is 1.07. The minimum absolute atomic E-state index is 0.0299. The number of carbonyl (C=O) groups is 1. The average Bonchev–Trinajstić information content (AvgIpc) is 2.77. The zero-order valence-corrected chi connectivity index (χ0v) is 19.6. The van der Waals surface area contributed by atoms with Crippen molar-refractivity contribution in [1.82, 2.24) is 9.97 Å². The van der Waals surface area contributed by atoms with E-state index >= 15 is 0 Å². The number of aromatic nitrogens is 2. The highest BCUT2D eigenvalue weighted by Crippen LogP contribution is 2.50. The van der Waals surface area contributed by atoms with Crippen LogP contribution >= 0.6 is 11.8 Å². The summed E-state index contributed by atoms with van der Waals surface area (Å²) in [6.07, 6.45) is 6.45. The van der Waals surface area contributed by atoms with E-state index in [4.69, 9.17) is 16.9 Å². The molecule has 0 bridgehead atoms. The Morgan fingerprint density at radius 2 is 2.15 bits per heavy atom. The molecule has 1 aromatic carbocycles. The summed E-state index contributed by atoms with van der Waals surface area (Å²) in [4.78, 5) is 25.5. The van der Waals surface area contributed by atoms with Gasteiger partial charge in [-0.05, 0) is 39.0 Å². The first kappa shape index (κ1) is 24.5. The molecule has 3 rings (SSSR count). The summed E-state index contributed by atoms with van der Waals surface area (Å²) in [6, 6.07) is 4.15. The van der Waals surface area contributed by atoms with Gasteiger partial charge in [0, 0.05) is 17.2 Å². The van der Waals surface area contributed by atoms with Gasteiger partial charge in [-0.2, -0.15) is 0 Å². The predicted octanol–water partition coefficient (Wildman–Crippen LogP) is 3.83. The van der Waals surface area contributed by atoms with Crippen molar-refractivity contribution in [3.8, 4) is 18.2 Å². The molecule has 0 spiro atoms. The molecule has 0 radical (unpaired) electrons. The molecule has 174 valence electrons. The number of thioether (sulfide) groups is 1.